The van der Waals surface area contributed by atoms with Crippen LogP contribution in [0, 0.1) is 6.92 Å². The third-order valence-corrected chi connectivity index (χ3v) is 6.76. The van der Waals surface area contributed by atoms with Crippen LogP contribution in [0.3, 0.4) is 0 Å². The molecule has 9 heteroatoms. The minimum Gasteiger partial charge on any atom is -0.481 e. The van der Waals surface area contributed by atoms with Crippen LogP contribution in [0.5, 0.6) is 5.75 Å². The molecule has 2 aliphatic heterocycles. The van der Waals surface area contributed by atoms with Gasteiger partial charge < -0.3 is 34.2 Å². The van der Waals surface area contributed by atoms with E-state index in [2.05, 4.69) is 49.2 Å². The number of ether oxygens (including phenoxy) is 3. The number of amides is 2. The molecule has 2 amide bonds. The molecule has 2 aromatic carbocycles. The summed E-state index contributed by atoms with van der Waals surface area (Å²) in [6, 6.07) is 12.2. The molecule has 0 bridgehead atoms. The molecule has 212 valence electrons. The van der Waals surface area contributed by atoms with E-state index in [1.54, 1.807) is 11.9 Å². The van der Waals surface area contributed by atoms with Crippen molar-refractivity contribution in [1.29, 1.82) is 0 Å². The number of fused-ring (bicyclic) bond motifs is 1. The molecule has 9 nitrogen and oxygen atoms in total. The van der Waals surface area contributed by atoms with E-state index >= 15 is 0 Å². The number of anilines is 4. The van der Waals surface area contributed by atoms with Gasteiger partial charge in [-0.15, -0.1) is 0 Å². The molecular weight excluding hydrogens is 496 g/mol. The number of benzene rings is 2. The van der Waals surface area contributed by atoms with Crippen LogP contribution < -0.4 is 19.9 Å². The molecule has 0 aliphatic carbocycles. The number of morpholine rings is 1. The third-order valence-electron chi connectivity index (χ3n) is 6.76. The zero-order chi connectivity index (χ0) is 28.3. The van der Waals surface area contributed by atoms with Crippen LogP contribution in [-0.4, -0.2) is 74.5 Å². The normalized spacial score (nSPS) is 19.3. The second-order valence-electron chi connectivity index (χ2n) is 11.6. The number of carbonyl (C=O) groups excluding carboxylic acids is 2. The molecule has 0 saturated carbocycles. The maximum absolute atomic E-state index is 12.6. The van der Waals surface area contributed by atoms with E-state index in [1.807, 2.05) is 39.0 Å². The summed E-state index contributed by atoms with van der Waals surface area (Å²) in [6.07, 6.45) is 0.663. The Bertz CT molecular complexity index is 1180. The molecule has 0 radical (unpaired) electrons. The van der Waals surface area contributed by atoms with Gasteiger partial charge in [0.15, 0.2) is 6.61 Å². The lowest BCUT2D eigenvalue weighted by Gasteiger charge is -2.37. The molecule has 4 rings (SSSR count). The van der Waals surface area contributed by atoms with Gasteiger partial charge in [-0.2, -0.15) is 0 Å². The quantitative estimate of drug-likeness (QED) is 0.510. The van der Waals surface area contributed by atoms with E-state index in [9.17, 15) is 9.59 Å². The van der Waals surface area contributed by atoms with Gasteiger partial charge in [-0.05, 0) is 83.9 Å². The number of hydrogen-bond donors (Lipinski definition) is 1. The van der Waals surface area contributed by atoms with E-state index in [1.165, 1.54) is 10.6 Å². The molecule has 39 heavy (non-hydrogen) atoms. The van der Waals surface area contributed by atoms with Crippen molar-refractivity contribution in [3.63, 3.8) is 0 Å². The Balaban J connectivity index is 1.39. The van der Waals surface area contributed by atoms with Gasteiger partial charge in [0.25, 0.3) is 5.91 Å². The van der Waals surface area contributed by atoms with Crippen molar-refractivity contribution in [3.05, 3.63) is 42.0 Å². The predicted molar refractivity (Wildman–Crippen MR) is 154 cm³/mol. The first-order chi connectivity index (χ1) is 18.4. The fourth-order valence-corrected chi connectivity index (χ4v) is 4.95. The Morgan fingerprint density at radius 3 is 2.51 bits per heavy atom. The van der Waals surface area contributed by atoms with Crippen molar-refractivity contribution >= 4 is 34.7 Å². The van der Waals surface area contributed by atoms with E-state index in [4.69, 9.17) is 14.2 Å². The maximum atomic E-state index is 12.6. The van der Waals surface area contributed by atoms with Crippen molar-refractivity contribution in [3.8, 4) is 5.75 Å². The van der Waals surface area contributed by atoms with Gasteiger partial charge in [-0.1, -0.05) is 0 Å². The van der Waals surface area contributed by atoms with Gasteiger partial charge in [0.05, 0.1) is 17.9 Å². The highest BCUT2D eigenvalue weighted by Crippen LogP contribution is 2.36. The van der Waals surface area contributed by atoms with Gasteiger partial charge in [0, 0.05) is 56.4 Å². The summed E-state index contributed by atoms with van der Waals surface area (Å²) in [5.41, 5.74) is 4.43. The number of hydrogen-bond acceptors (Lipinski definition) is 7. The number of rotatable bonds is 7. The Hall–Kier alpha value is -3.46. The second kappa shape index (κ2) is 11.7. The van der Waals surface area contributed by atoms with E-state index < -0.39 is 5.60 Å². The molecule has 2 aromatic rings. The topological polar surface area (TPSA) is 83.6 Å². The number of carbonyl (C=O) groups is 2. The lowest BCUT2D eigenvalue weighted by atomic mass is 10.1. The predicted octanol–water partition coefficient (Wildman–Crippen LogP) is 5.33. The van der Waals surface area contributed by atoms with Crippen LogP contribution in [0.1, 0.15) is 46.6 Å². The monoisotopic (exact) mass is 538 g/mol. The van der Waals surface area contributed by atoms with Crippen LogP contribution >= 0.6 is 0 Å². The fourth-order valence-electron chi connectivity index (χ4n) is 4.95. The van der Waals surface area contributed by atoms with Crippen molar-refractivity contribution < 1.29 is 23.8 Å². The highest BCUT2D eigenvalue weighted by molar-refractivity contribution is 5.98. The van der Waals surface area contributed by atoms with Crippen LogP contribution in [0.15, 0.2) is 36.4 Å². The Morgan fingerprint density at radius 2 is 1.85 bits per heavy atom. The average Bonchev–Trinajstić information content (AvgIpc) is 2.85. The zero-order valence-electron chi connectivity index (χ0n) is 24.2. The summed E-state index contributed by atoms with van der Waals surface area (Å²) in [5, 5.41) is 3.50. The summed E-state index contributed by atoms with van der Waals surface area (Å²) < 4.78 is 17.1. The Kier molecular flexibility index (Phi) is 8.59. The molecule has 1 fully saturated rings. The van der Waals surface area contributed by atoms with Crippen molar-refractivity contribution in [2.45, 2.75) is 65.8 Å². The molecule has 2 unspecified atom stereocenters. The van der Waals surface area contributed by atoms with Crippen LogP contribution in [0.2, 0.25) is 0 Å². The highest BCUT2D eigenvalue weighted by atomic mass is 16.6. The van der Waals surface area contributed by atoms with Crippen LogP contribution in [0.25, 0.3) is 0 Å². The Labute approximate surface area is 232 Å². The lowest BCUT2D eigenvalue weighted by molar-refractivity contribution is -0.121. The summed E-state index contributed by atoms with van der Waals surface area (Å²) in [7, 11) is 1.71. The summed E-state index contributed by atoms with van der Waals surface area (Å²) in [4.78, 5) is 30.5. The molecule has 1 saturated heterocycles. The molecular formula is C30H42N4O5. The first-order valence-corrected chi connectivity index (χ1v) is 13.7. The first kappa shape index (κ1) is 28.5. The molecule has 2 aliphatic rings. The van der Waals surface area contributed by atoms with E-state index in [-0.39, 0.29) is 30.8 Å². The standard InChI is InChI=1S/C30H42N4O5/c1-20-15-24(33-17-21(2)38-22(3)18-33)10-11-25(20)31-23-9-12-26-27(16-23)37-19-28(35)34(26)14-8-13-32(7)29(36)39-30(4,5)6/h9-12,15-16,21-22,31H,8,13-14,17-19H2,1-7H3. The summed E-state index contributed by atoms with van der Waals surface area (Å²) in [6.45, 7) is 14.6. The van der Waals surface area contributed by atoms with Gasteiger partial charge in [0.1, 0.15) is 11.4 Å². The summed E-state index contributed by atoms with van der Waals surface area (Å²) in [5.74, 6) is 0.562. The SMILES string of the molecule is Cc1cc(N2CC(C)OC(C)C2)ccc1Nc1ccc2c(c1)OCC(=O)N2CCCN(C)C(=O)OC(C)(C)C. The van der Waals surface area contributed by atoms with Gasteiger partial charge >= 0.3 is 6.09 Å². The van der Waals surface area contributed by atoms with Gasteiger partial charge in [-0.3, -0.25) is 4.79 Å². The first-order valence-electron chi connectivity index (χ1n) is 13.7. The smallest absolute Gasteiger partial charge is 0.410 e. The molecule has 0 spiro atoms. The third kappa shape index (κ3) is 7.35. The molecule has 0 aromatic heterocycles. The zero-order valence-corrected chi connectivity index (χ0v) is 24.2. The number of nitrogens with zero attached hydrogens (tertiary/aromatic N) is 3. The summed E-state index contributed by atoms with van der Waals surface area (Å²) >= 11 is 0. The minimum absolute atomic E-state index is 0.0114. The van der Waals surface area contributed by atoms with Crippen molar-refractivity contribution in [2.24, 2.45) is 0 Å². The molecule has 2 atom stereocenters. The van der Waals surface area contributed by atoms with Crippen molar-refractivity contribution in [2.75, 3.05) is 55.0 Å². The van der Waals surface area contributed by atoms with Crippen LogP contribution in [0.4, 0.5) is 27.5 Å². The highest BCUT2D eigenvalue weighted by Gasteiger charge is 2.27. The maximum Gasteiger partial charge on any atom is 0.410 e. The molecule has 1 N–H and O–H groups in total. The van der Waals surface area contributed by atoms with Crippen molar-refractivity contribution in [1.82, 2.24) is 4.90 Å². The van der Waals surface area contributed by atoms with Gasteiger partial charge in [-0.25, -0.2) is 4.79 Å². The number of nitrogens with one attached hydrogen (secondary N) is 1. The average molecular weight is 539 g/mol. The van der Waals surface area contributed by atoms with Crippen LogP contribution in [-0.2, 0) is 14.3 Å². The fraction of sp³-hybridized carbons (Fsp3) is 0.533. The Morgan fingerprint density at radius 1 is 1.13 bits per heavy atom. The number of aryl methyl sites for hydroxylation is 1. The minimum atomic E-state index is -0.545. The lowest BCUT2D eigenvalue weighted by Crippen LogP contribution is -2.45. The van der Waals surface area contributed by atoms with E-state index in [0.29, 0.717) is 25.3 Å². The molecule has 2 heterocycles. The van der Waals surface area contributed by atoms with Gasteiger partial charge in [0.2, 0.25) is 0 Å². The largest absolute Gasteiger partial charge is 0.481 e. The second-order valence-corrected chi connectivity index (χ2v) is 11.6. The van der Waals surface area contributed by atoms with E-state index in [0.717, 1.165) is 35.7 Å².